The molecule has 21 heteroatoms. The molecule has 0 spiro atoms. The van der Waals surface area contributed by atoms with E-state index in [2.05, 4.69) is 38.9 Å². The lowest BCUT2D eigenvalue weighted by Crippen LogP contribution is -2.36. The molecule has 0 unspecified atom stereocenters. The molecule has 11 nitrogen and oxygen atoms in total. The monoisotopic (exact) mass is 1460 g/mol. The summed E-state index contributed by atoms with van der Waals surface area (Å²) in [5, 5.41) is 2.38. The number of hydrogen-bond acceptors (Lipinski definition) is 9. The Labute approximate surface area is 572 Å². The van der Waals surface area contributed by atoms with E-state index in [-0.39, 0.29) is 44.6 Å². The van der Waals surface area contributed by atoms with Crippen molar-refractivity contribution >= 4 is 142 Å². The molecule has 91 heavy (non-hydrogen) atoms. The summed E-state index contributed by atoms with van der Waals surface area (Å²) in [6.45, 7) is 5.38. The third kappa shape index (κ3) is 25.6. The molecular weight excluding hydrogens is 1400 g/mol. The van der Waals surface area contributed by atoms with Crippen LogP contribution in [0.1, 0.15) is 27.8 Å². The van der Waals surface area contributed by atoms with Crippen molar-refractivity contribution in [2.24, 2.45) is 0 Å². The average molecular weight is 1460 g/mol. The lowest BCUT2D eigenvalue weighted by Gasteiger charge is -2.24. The average Bonchev–Trinajstić information content (AvgIpc) is 1.12. The zero-order chi connectivity index (χ0) is 66.6. The number of alkyl halides is 3. The van der Waals surface area contributed by atoms with Crippen LogP contribution in [-0.2, 0) is 51.5 Å². The molecule has 0 fully saturated rings. The second kappa shape index (κ2) is 37.5. The minimum absolute atomic E-state index is 0.110. The van der Waals surface area contributed by atoms with E-state index in [4.69, 9.17) is 74.4 Å². The number of nitrogens with one attached hydrogen (secondary N) is 1. The number of halogens is 7. The van der Waals surface area contributed by atoms with Gasteiger partial charge in [-0.1, -0.05) is 213 Å². The number of rotatable bonds is 16. The summed E-state index contributed by atoms with van der Waals surface area (Å²) in [5.41, 5.74) is 16.2. The zero-order valence-electron chi connectivity index (χ0n) is 49.4. The number of hydrogen-bond donors (Lipinski definition) is 2. The van der Waals surface area contributed by atoms with E-state index in [1.807, 2.05) is 112 Å². The van der Waals surface area contributed by atoms with Crippen LogP contribution in [0.3, 0.4) is 0 Å². The van der Waals surface area contributed by atoms with Gasteiger partial charge in [0.25, 0.3) is 29.1 Å². The van der Waals surface area contributed by atoms with Gasteiger partial charge in [0, 0.05) is 50.0 Å². The van der Waals surface area contributed by atoms with Gasteiger partial charge in [-0.25, -0.2) is 25.3 Å². The highest BCUT2D eigenvalue weighted by atomic mass is 79.9. The van der Waals surface area contributed by atoms with Crippen LogP contribution >= 0.6 is 84.6 Å². The van der Waals surface area contributed by atoms with Gasteiger partial charge in [0.05, 0.1) is 37.6 Å². The first-order chi connectivity index (χ1) is 43.3. The van der Waals surface area contributed by atoms with Gasteiger partial charge in [0.1, 0.15) is 5.78 Å². The normalized spacial score (nSPS) is 10.7. The Morgan fingerprint density at radius 2 is 0.802 bits per heavy atom. The molecule has 10 rings (SSSR count). The van der Waals surface area contributed by atoms with Crippen molar-refractivity contribution in [3.8, 4) is 22.3 Å². The van der Waals surface area contributed by atoms with Gasteiger partial charge in [0.15, 0.2) is 5.78 Å². The van der Waals surface area contributed by atoms with Gasteiger partial charge < -0.3 is 5.73 Å². The molecule has 474 valence electrons. The van der Waals surface area contributed by atoms with Gasteiger partial charge in [-0.15, -0.1) is 23.2 Å². The summed E-state index contributed by atoms with van der Waals surface area (Å²) in [7, 11) is -5.96. The number of carbonyl (C=O) groups excluding carboxylic acids is 2. The highest BCUT2D eigenvalue weighted by Crippen LogP contribution is 2.29. The maximum Gasteiger partial charge on any atom is 0.264 e. The van der Waals surface area contributed by atoms with Crippen molar-refractivity contribution in [2.45, 2.75) is 48.3 Å². The molecule has 0 radical (unpaired) electrons. The molecule has 0 aromatic heterocycles. The number of carbonyl (C=O) groups is 2. The van der Waals surface area contributed by atoms with Crippen LogP contribution in [0, 0.1) is 20.8 Å². The van der Waals surface area contributed by atoms with Crippen LogP contribution in [0.15, 0.2) is 269 Å². The van der Waals surface area contributed by atoms with Gasteiger partial charge >= 0.3 is 0 Å². The number of nitrogens with two attached hydrogens (primary N) is 1. The van der Waals surface area contributed by atoms with Crippen molar-refractivity contribution in [3.63, 3.8) is 0 Å². The number of nitrogens with zero attached hydrogens (tertiary/aromatic N) is 1. The number of benzene rings is 10. The number of aryl methyl sites for hydroxylation is 3. The molecule has 0 aliphatic carbocycles. The number of ketones is 2. The zero-order valence-corrected chi connectivity index (χ0v) is 58.0. The van der Waals surface area contributed by atoms with Crippen molar-refractivity contribution in [3.05, 3.63) is 298 Å². The smallest absolute Gasteiger partial charge is 0.264 e. The Morgan fingerprint density at radius 1 is 0.451 bits per heavy atom. The maximum absolute atomic E-state index is 13.5. The number of sulfonamides is 2. The van der Waals surface area contributed by atoms with Crippen molar-refractivity contribution in [1.82, 2.24) is 0 Å². The van der Waals surface area contributed by atoms with Gasteiger partial charge in [-0.2, -0.15) is 0 Å². The summed E-state index contributed by atoms with van der Waals surface area (Å²) in [5.74, 6) is -0.0117. The van der Waals surface area contributed by atoms with E-state index < -0.39 is 29.1 Å². The Kier molecular flexibility index (Phi) is 30.8. The van der Waals surface area contributed by atoms with Crippen molar-refractivity contribution in [2.75, 3.05) is 32.0 Å². The number of Topliss-reactive ketones (excluding diaryl/α,β-unsaturated/α-hetero) is 2. The van der Waals surface area contributed by atoms with Gasteiger partial charge in [0.2, 0.25) is 0 Å². The Hall–Kier alpha value is -6.99. The van der Waals surface area contributed by atoms with Crippen LogP contribution in [0.2, 0.25) is 15.1 Å². The van der Waals surface area contributed by atoms with E-state index in [0.717, 1.165) is 65.1 Å². The Bertz CT molecular complexity index is 4220. The van der Waals surface area contributed by atoms with Crippen LogP contribution in [0.5, 0.6) is 0 Å². The van der Waals surface area contributed by atoms with Gasteiger partial charge in [-0.3, -0.25) is 18.6 Å². The third-order valence-corrected chi connectivity index (χ3v) is 18.7. The van der Waals surface area contributed by atoms with Crippen molar-refractivity contribution in [1.29, 1.82) is 0 Å². The highest BCUT2D eigenvalue weighted by Gasteiger charge is 2.28. The molecule has 10 aromatic rings. The van der Waals surface area contributed by atoms with E-state index in [0.29, 0.717) is 33.2 Å². The van der Waals surface area contributed by atoms with Crippen LogP contribution < -0.4 is 14.8 Å². The minimum atomic E-state index is -3.96. The van der Waals surface area contributed by atoms with Crippen LogP contribution in [0.25, 0.3) is 22.3 Å². The molecule has 0 atom stereocenters. The molecule has 0 saturated heterocycles. The first-order valence-electron chi connectivity index (χ1n) is 27.5. The molecule has 0 amide bonds. The third-order valence-electron chi connectivity index (χ3n) is 12.8. The fourth-order valence-electron chi connectivity index (χ4n) is 8.21. The quantitative estimate of drug-likeness (QED) is 0.0541. The largest absolute Gasteiger partial charge is 0.399 e. The molecule has 0 bridgehead atoms. The lowest BCUT2D eigenvalue weighted by atomic mass is 9.96. The van der Waals surface area contributed by atoms with E-state index in [1.54, 1.807) is 133 Å². The van der Waals surface area contributed by atoms with Crippen LogP contribution in [0.4, 0.5) is 17.1 Å². The summed E-state index contributed by atoms with van der Waals surface area (Å²) in [6, 6.07) is 75.4. The highest BCUT2D eigenvalue weighted by molar-refractivity contribution is 9.09. The molecular formula is C70H64BrCl6N3O8S3. The fourth-order valence-corrected chi connectivity index (χ4v) is 12.1. The summed E-state index contributed by atoms with van der Waals surface area (Å²) < 4.78 is 76.3. The lowest BCUT2D eigenvalue weighted by molar-refractivity contribution is -0.117. The van der Waals surface area contributed by atoms with E-state index >= 15 is 0 Å². The molecule has 3 N–H and O–H groups in total. The summed E-state index contributed by atoms with van der Waals surface area (Å²) >= 11 is 30.0. The predicted molar refractivity (Wildman–Crippen MR) is 382 cm³/mol. The molecule has 0 heterocycles. The predicted octanol–water partition coefficient (Wildman–Crippen LogP) is 18.9. The second-order valence-electron chi connectivity index (χ2n) is 19.7. The SMILES string of the molecule is Cc1ccc(S(=O)(=O)Cl)cc1.Cc1ccc(S(=O)(=O)N(CC(=O)Cc2ccccc2-c2ccccc2)c2ccc(Cl)cc2)cc1.Cc1ccc(S(=O)(=O)Nc2ccc(Cl)cc2)cc1.ClCCl.Nc1ccc(Cl)cc1.O=C(CBr)Cc1ccccc1-c1ccccc1. The maximum atomic E-state index is 13.5. The first-order valence-corrected chi connectivity index (χ1v) is 36.1. The molecule has 10 aromatic carbocycles. The topological polar surface area (TPSA) is 178 Å². The summed E-state index contributed by atoms with van der Waals surface area (Å²) in [6.07, 6.45) is 0.592. The summed E-state index contributed by atoms with van der Waals surface area (Å²) in [4.78, 5) is 25.3. The van der Waals surface area contributed by atoms with E-state index in [1.165, 1.54) is 12.1 Å². The number of anilines is 3. The molecule has 0 saturated carbocycles. The second-order valence-corrected chi connectivity index (χ2v) is 28.5. The first kappa shape index (κ1) is 74.7. The fraction of sp³-hybridized carbons (Fsp3) is 0.114. The standard InChI is InChI=1S/C28H24ClNO3S.C15H13BrO.C13H12ClNO2S.C7H7ClO2S.C6H6ClN.CH2Cl2/c1-21-11-17-27(18-12-21)34(32,33)30(25-15-13-24(29)14-16-25)20-26(31)19-23-9-5-6-10-28(23)22-7-3-2-4-8-22;16-11-14(17)10-13-8-4-5-9-15(13)12-6-2-1-3-7-12;1-10-2-8-13(9-3-10)18(16,17)15-12-6-4-11(14)5-7-12;1-6-2-4-7(5-3-6)11(8,9)10;7-5-1-3-6(8)4-2-5;2-1-3/h2-18H,19-20H2,1H3;1-9H,10-11H2;2-9,15H,1H3;2-5H,1H3;1-4H,8H2;1H2. The minimum Gasteiger partial charge on any atom is -0.399 e. The molecule has 0 aliphatic heterocycles. The number of nitrogen functional groups attached to an aromatic ring is 1. The van der Waals surface area contributed by atoms with Crippen LogP contribution in [-0.4, -0.2) is 54.0 Å². The molecule has 0 aliphatic rings. The van der Waals surface area contributed by atoms with Gasteiger partial charge in [-0.05, 0) is 163 Å². The van der Waals surface area contributed by atoms with E-state index in [9.17, 15) is 34.8 Å². The van der Waals surface area contributed by atoms with Crippen molar-refractivity contribution < 1.29 is 34.8 Å². The Morgan fingerprint density at radius 3 is 1.20 bits per heavy atom. The Balaban J connectivity index is 0.000000223.